The molecule has 4 nitrogen and oxygen atoms in total. The number of hydrazone groups is 1. The van der Waals surface area contributed by atoms with Crippen LogP contribution in [0, 0.1) is 3.57 Å². The van der Waals surface area contributed by atoms with Crippen molar-refractivity contribution in [2.75, 3.05) is 0 Å². The van der Waals surface area contributed by atoms with Crippen molar-refractivity contribution in [3.05, 3.63) is 96.5 Å². The highest BCUT2D eigenvalue weighted by Gasteiger charge is 2.06. The Morgan fingerprint density at radius 1 is 1.11 bits per heavy atom. The molecule has 3 aromatic carbocycles. The van der Waals surface area contributed by atoms with E-state index in [-0.39, 0.29) is 5.91 Å². The number of hydrogen-bond acceptors (Lipinski definition) is 3. The van der Waals surface area contributed by atoms with E-state index in [1.54, 1.807) is 30.5 Å². The minimum absolute atomic E-state index is 0.315. The lowest BCUT2D eigenvalue weighted by Crippen LogP contribution is -2.17. The molecular formula is C21H15BrClIN2O2. The summed E-state index contributed by atoms with van der Waals surface area (Å²) < 4.78 is 8.00. The summed E-state index contributed by atoms with van der Waals surface area (Å²) in [6.45, 7) is 0.441. The predicted octanol–water partition coefficient (Wildman–Crippen LogP) is 6.05. The lowest BCUT2D eigenvalue weighted by atomic mass is 10.2. The van der Waals surface area contributed by atoms with Gasteiger partial charge >= 0.3 is 0 Å². The lowest BCUT2D eigenvalue weighted by Gasteiger charge is -2.10. The van der Waals surface area contributed by atoms with E-state index in [0.717, 1.165) is 15.6 Å². The van der Waals surface area contributed by atoms with Gasteiger partial charge in [-0.1, -0.05) is 39.7 Å². The molecule has 0 radical (unpaired) electrons. The molecule has 0 fully saturated rings. The van der Waals surface area contributed by atoms with E-state index in [1.807, 2.05) is 42.5 Å². The minimum Gasteiger partial charge on any atom is -0.488 e. The summed E-state index contributed by atoms with van der Waals surface area (Å²) in [5.41, 5.74) is 4.81. The van der Waals surface area contributed by atoms with Crippen LogP contribution in [0.15, 0.2) is 76.3 Å². The molecule has 1 amide bonds. The number of amides is 1. The third-order valence-corrected chi connectivity index (χ3v) is 5.22. The molecule has 0 bridgehead atoms. The van der Waals surface area contributed by atoms with Crippen molar-refractivity contribution in [2.45, 2.75) is 6.61 Å². The molecule has 3 aromatic rings. The summed E-state index contributed by atoms with van der Waals surface area (Å²) in [5, 5.41) is 4.62. The Kier molecular flexibility index (Phi) is 7.47. The van der Waals surface area contributed by atoms with Gasteiger partial charge in [-0.2, -0.15) is 5.10 Å². The van der Waals surface area contributed by atoms with Crippen LogP contribution >= 0.6 is 50.1 Å². The molecule has 0 aliphatic rings. The van der Waals surface area contributed by atoms with Crippen LogP contribution in [0.4, 0.5) is 0 Å². The number of rotatable bonds is 6. The van der Waals surface area contributed by atoms with Gasteiger partial charge in [0, 0.05) is 24.2 Å². The lowest BCUT2D eigenvalue weighted by molar-refractivity contribution is 0.0955. The van der Waals surface area contributed by atoms with E-state index in [0.29, 0.717) is 22.9 Å². The maximum atomic E-state index is 12.1. The highest BCUT2D eigenvalue weighted by molar-refractivity contribution is 14.1. The summed E-state index contributed by atoms with van der Waals surface area (Å²) in [6, 6.07) is 20.4. The molecule has 0 saturated carbocycles. The van der Waals surface area contributed by atoms with Gasteiger partial charge in [0.1, 0.15) is 12.4 Å². The van der Waals surface area contributed by atoms with E-state index in [2.05, 4.69) is 49.0 Å². The molecule has 1 N–H and O–H groups in total. The molecule has 0 aliphatic carbocycles. The SMILES string of the molecule is O=C(N/N=C\c1cc(Br)ccc1OCc1ccc(I)cc1)c1ccc(Cl)cc1. The third-order valence-electron chi connectivity index (χ3n) is 3.76. The number of ether oxygens (including phenoxy) is 1. The summed E-state index contributed by atoms with van der Waals surface area (Å²) >= 11 is 11.5. The van der Waals surface area contributed by atoms with E-state index in [9.17, 15) is 4.79 Å². The van der Waals surface area contributed by atoms with E-state index < -0.39 is 0 Å². The van der Waals surface area contributed by atoms with Crippen LogP contribution in [-0.2, 0) is 6.61 Å². The maximum Gasteiger partial charge on any atom is 0.271 e. The van der Waals surface area contributed by atoms with E-state index in [1.165, 1.54) is 3.57 Å². The van der Waals surface area contributed by atoms with Gasteiger partial charge in [-0.15, -0.1) is 0 Å². The summed E-state index contributed by atoms with van der Waals surface area (Å²) in [4.78, 5) is 12.1. The van der Waals surface area contributed by atoms with Crippen molar-refractivity contribution in [1.82, 2.24) is 5.43 Å². The van der Waals surface area contributed by atoms with Crippen molar-refractivity contribution in [2.24, 2.45) is 5.10 Å². The molecule has 0 spiro atoms. The van der Waals surface area contributed by atoms with Gasteiger partial charge in [-0.3, -0.25) is 4.79 Å². The van der Waals surface area contributed by atoms with Gasteiger partial charge in [0.05, 0.1) is 6.21 Å². The first-order chi connectivity index (χ1) is 13.5. The highest BCUT2D eigenvalue weighted by Crippen LogP contribution is 2.23. The molecule has 0 heterocycles. The van der Waals surface area contributed by atoms with Crippen molar-refractivity contribution < 1.29 is 9.53 Å². The number of carbonyl (C=O) groups is 1. The Bertz CT molecular complexity index is 992. The summed E-state index contributed by atoms with van der Waals surface area (Å²) in [6.07, 6.45) is 1.56. The number of hydrogen-bond donors (Lipinski definition) is 1. The zero-order chi connectivity index (χ0) is 19.9. The van der Waals surface area contributed by atoms with Crippen LogP contribution in [-0.4, -0.2) is 12.1 Å². The Labute approximate surface area is 190 Å². The molecule has 0 saturated heterocycles. The van der Waals surface area contributed by atoms with Crippen LogP contribution < -0.4 is 10.2 Å². The van der Waals surface area contributed by atoms with Gasteiger partial charge in [0.2, 0.25) is 0 Å². The first-order valence-electron chi connectivity index (χ1n) is 8.27. The molecular weight excluding hydrogens is 555 g/mol. The normalized spacial score (nSPS) is 10.8. The zero-order valence-electron chi connectivity index (χ0n) is 14.5. The average Bonchev–Trinajstić information content (AvgIpc) is 2.69. The van der Waals surface area contributed by atoms with Crippen molar-refractivity contribution in [3.8, 4) is 5.75 Å². The summed E-state index contributed by atoms with van der Waals surface area (Å²) in [7, 11) is 0. The summed E-state index contributed by atoms with van der Waals surface area (Å²) in [5.74, 6) is 0.357. The van der Waals surface area contributed by atoms with Crippen LogP contribution in [0.5, 0.6) is 5.75 Å². The van der Waals surface area contributed by atoms with Crippen LogP contribution in [0.1, 0.15) is 21.5 Å². The van der Waals surface area contributed by atoms with Gasteiger partial charge in [-0.25, -0.2) is 5.43 Å². The van der Waals surface area contributed by atoms with Crippen molar-refractivity contribution in [3.63, 3.8) is 0 Å². The fourth-order valence-corrected chi connectivity index (χ4v) is 3.18. The fourth-order valence-electron chi connectivity index (χ4n) is 2.32. The third kappa shape index (κ3) is 6.05. The van der Waals surface area contributed by atoms with Crippen LogP contribution in [0.3, 0.4) is 0 Å². The average molecular weight is 570 g/mol. The van der Waals surface area contributed by atoms with Gasteiger partial charge in [0.25, 0.3) is 5.91 Å². The van der Waals surface area contributed by atoms with Crippen LogP contribution in [0.2, 0.25) is 5.02 Å². The second-order valence-corrected chi connectivity index (χ2v) is 8.40. The quantitative estimate of drug-likeness (QED) is 0.223. The molecule has 142 valence electrons. The largest absolute Gasteiger partial charge is 0.488 e. The number of carbonyl (C=O) groups excluding carboxylic acids is 1. The monoisotopic (exact) mass is 568 g/mol. The molecule has 3 rings (SSSR count). The molecule has 28 heavy (non-hydrogen) atoms. The minimum atomic E-state index is -0.315. The molecule has 0 unspecified atom stereocenters. The van der Waals surface area contributed by atoms with E-state index in [4.69, 9.17) is 16.3 Å². The smallest absolute Gasteiger partial charge is 0.271 e. The maximum absolute atomic E-state index is 12.1. The number of halogens is 3. The first kappa shape index (κ1) is 20.8. The number of nitrogens with zero attached hydrogens (tertiary/aromatic N) is 1. The predicted molar refractivity (Wildman–Crippen MR) is 124 cm³/mol. The van der Waals surface area contributed by atoms with Crippen LogP contribution in [0.25, 0.3) is 0 Å². The van der Waals surface area contributed by atoms with E-state index >= 15 is 0 Å². The number of benzene rings is 3. The molecule has 0 aromatic heterocycles. The Balaban J connectivity index is 1.67. The Morgan fingerprint density at radius 2 is 1.82 bits per heavy atom. The highest BCUT2D eigenvalue weighted by atomic mass is 127. The van der Waals surface area contributed by atoms with Crippen molar-refractivity contribution in [1.29, 1.82) is 0 Å². The molecule has 0 aliphatic heterocycles. The first-order valence-corrected chi connectivity index (χ1v) is 10.5. The molecule has 7 heteroatoms. The fraction of sp³-hybridized carbons (Fsp3) is 0.0476. The van der Waals surface area contributed by atoms with Crippen molar-refractivity contribution >= 4 is 62.2 Å². The Hall–Kier alpha value is -1.90. The van der Waals surface area contributed by atoms with Gasteiger partial charge < -0.3 is 4.74 Å². The number of nitrogens with one attached hydrogen (secondary N) is 1. The van der Waals surface area contributed by atoms with Gasteiger partial charge in [0.15, 0.2) is 0 Å². The second kappa shape index (κ2) is 10.0. The second-order valence-electron chi connectivity index (χ2n) is 5.80. The Morgan fingerprint density at radius 3 is 2.54 bits per heavy atom. The standard InChI is InChI=1S/C21H15BrClIN2O2/c22-17-5-10-20(28-13-14-1-8-19(24)9-2-14)16(11-17)12-25-26-21(27)15-3-6-18(23)7-4-15/h1-12H,13H2,(H,26,27)/b25-12-. The topological polar surface area (TPSA) is 50.7 Å². The molecule has 0 atom stereocenters. The van der Waals surface area contributed by atoms with Gasteiger partial charge in [-0.05, 0) is 82.8 Å². The zero-order valence-corrected chi connectivity index (χ0v) is 19.0.